The van der Waals surface area contributed by atoms with Gasteiger partial charge in [0, 0.05) is 25.2 Å². The molecule has 0 heterocycles. The third-order valence-corrected chi connectivity index (χ3v) is 3.98. The largest absolute Gasteiger partial charge is 0.341 e. The van der Waals surface area contributed by atoms with Crippen molar-refractivity contribution in [2.75, 3.05) is 19.6 Å². The fraction of sp³-hybridized carbons (Fsp3) is 0.300. The van der Waals surface area contributed by atoms with Gasteiger partial charge in [0.15, 0.2) is 5.78 Å². The molecule has 0 aliphatic rings. The molecule has 2 rings (SSSR count). The van der Waals surface area contributed by atoms with E-state index in [1.807, 2.05) is 35.2 Å². The van der Waals surface area contributed by atoms with E-state index in [1.54, 1.807) is 12.1 Å². The van der Waals surface area contributed by atoms with E-state index >= 15 is 0 Å². The van der Waals surface area contributed by atoms with E-state index in [4.69, 9.17) is 5.73 Å². The van der Waals surface area contributed by atoms with E-state index in [1.165, 1.54) is 12.5 Å². The lowest BCUT2D eigenvalue weighted by atomic mass is 10.1. The SMILES string of the molecule is CC(=O)c1ccc(CC(=O)N(CCN)CCc2ccccc2)cc1.Cl. The Bertz CT molecular complexity index is 672. The molecule has 134 valence electrons. The second-order valence-electron chi connectivity index (χ2n) is 5.83. The molecule has 2 aromatic rings. The second kappa shape index (κ2) is 10.6. The molecule has 25 heavy (non-hydrogen) atoms. The first kappa shape index (κ1) is 20.9. The number of amides is 1. The molecule has 0 aliphatic carbocycles. The summed E-state index contributed by atoms with van der Waals surface area (Å²) in [5.41, 5.74) is 8.43. The zero-order valence-electron chi connectivity index (χ0n) is 14.5. The van der Waals surface area contributed by atoms with Gasteiger partial charge >= 0.3 is 0 Å². The van der Waals surface area contributed by atoms with Gasteiger partial charge in [0.25, 0.3) is 0 Å². The lowest BCUT2D eigenvalue weighted by Crippen LogP contribution is -2.37. The number of carbonyl (C=O) groups excluding carboxylic acids is 2. The molecular weight excluding hydrogens is 336 g/mol. The summed E-state index contributed by atoms with van der Waals surface area (Å²) in [5, 5.41) is 0. The number of benzene rings is 2. The Hall–Kier alpha value is -2.17. The number of nitrogens with zero attached hydrogens (tertiary/aromatic N) is 1. The first-order valence-corrected chi connectivity index (χ1v) is 8.22. The van der Waals surface area contributed by atoms with Gasteiger partial charge in [0.2, 0.25) is 5.91 Å². The van der Waals surface area contributed by atoms with E-state index in [2.05, 4.69) is 12.1 Å². The maximum absolute atomic E-state index is 12.5. The van der Waals surface area contributed by atoms with Crippen molar-refractivity contribution in [2.45, 2.75) is 19.8 Å². The van der Waals surface area contributed by atoms with Gasteiger partial charge in [-0.1, -0.05) is 54.6 Å². The summed E-state index contributed by atoms with van der Waals surface area (Å²) in [6.45, 7) is 3.19. The van der Waals surface area contributed by atoms with Gasteiger partial charge in [0.05, 0.1) is 6.42 Å². The van der Waals surface area contributed by atoms with E-state index < -0.39 is 0 Å². The summed E-state index contributed by atoms with van der Waals surface area (Å²) in [7, 11) is 0. The first-order chi connectivity index (χ1) is 11.6. The molecular formula is C20H25ClN2O2. The summed E-state index contributed by atoms with van der Waals surface area (Å²) in [5.74, 6) is 0.0902. The number of hydrogen-bond donors (Lipinski definition) is 1. The fourth-order valence-electron chi connectivity index (χ4n) is 2.57. The first-order valence-electron chi connectivity index (χ1n) is 8.22. The lowest BCUT2D eigenvalue weighted by molar-refractivity contribution is -0.130. The van der Waals surface area contributed by atoms with Crippen LogP contribution in [0.3, 0.4) is 0 Å². The van der Waals surface area contributed by atoms with Crippen molar-refractivity contribution in [1.29, 1.82) is 0 Å². The molecule has 0 saturated heterocycles. The van der Waals surface area contributed by atoms with Gasteiger partial charge in [-0.3, -0.25) is 9.59 Å². The molecule has 0 aromatic heterocycles. The van der Waals surface area contributed by atoms with Crippen molar-refractivity contribution in [3.63, 3.8) is 0 Å². The van der Waals surface area contributed by atoms with Crippen LogP contribution in [0.1, 0.15) is 28.4 Å². The molecule has 4 nitrogen and oxygen atoms in total. The average molecular weight is 361 g/mol. The Kier molecular flexibility index (Phi) is 8.89. The molecule has 0 saturated carbocycles. The zero-order valence-corrected chi connectivity index (χ0v) is 15.3. The molecule has 0 atom stereocenters. The molecule has 0 radical (unpaired) electrons. The topological polar surface area (TPSA) is 63.4 Å². The van der Waals surface area contributed by atoms with Gasteiger partial charge in [-0.05, 0) is 24.5 Å². The molecule has 2 N–H and O–H groups in total. The van der Waals surface area contributed by atoms with Crippen LogP contribution in [0.4, 0.5) is 0 Å². The van der Waals surface area contributed by atoms with Crippen molar-refractivity contribution in [1.82, 2.24) is 4.90 Å². The summed E-state index contributed by atoms with van der Waals surface area (Å²) >= 11 is 0. The maximum atomic E-state index is 12.5. The van der Waals surface area contributed by atoms with Crippen LogP contribution in [0.25, 0.3) is 0 Å². The Labute approximate surface area is 155 Å². The quantitative estimate of drug-likeness (QED) is 0.736. The van der Waals surface area contributed by atoms with Gasteiger partial charge in [-0.15, -0.1) is 12.4 Å². The van der Waals surface area contributed by atoms with Gasteiger partial charge in [-0.25, -0.2) is 0 Å². The van der Waals surface area contributed by atoms with Crippen molar-refractivity contribution in [3.8, 4) is 0 Å². The number of ketones is 1. The predicted molar refractivity (Wildman–Crippen MR) is 103 cm³/mol. The highest BCUT2D eigenvalue weighted by molar-refractivity contribution is 5.94. The Morgan fingerprint density at radius 3 is 2.12 bits per heavy atom. The average Bonchev–Trinajstić information content (AvgIpc) is 2.60. The molecule has 0 bridgehead atoms. The number of Topliss-reactive ketones (excluding diaryl/α,β-unsaturated/α-hetero) is 1. The second-order valence-corrected chi connectivity index (χ2v) is 5.83. The highest BCUT2D eigenvalue weighted by Gasteiger charge is 2.13. The van der Waals surface area contributed by atoms with Crippen LogP contribution in [-0.4, -0.2) is 36.2 Å². The van der Waals surface area contributed by atoms with Crippen LogP contribution in [0, 0.1) is 0 Å². The van der Waals surface area contributed by atoms with Gasteiger partial charge < -0.3 is 10.6 Å². The Morgan fingerprint density at radius 2 is 1.56 bits per heavy atom. The van der Waals surface area contributed by atoms with Crippen molar-refractivity contribution in [3.05, 3.63) is 71.3 Å². The Morgan fingerprint density at radius 1 is 0.920 bits per heavy atom. The van der Waals surface area contributed by atoms with Crippen LogP contribution in [0.2, 0.25) is 0 Å². The maximum Gasteiger partial charge on any atom is 0.227 e. The number of nitrogens with two attached hydrogens (primary N) is 1. The molecule has 5 heteroatoms. The lowest BCUT2D eigenvalue weighted by Gasteiger charge is -2.22. The van der Waals surface area contributed by atoms with Crippen LogP contribution < -0.4 is 5.73 Å². The summed E-state index contributed by atoms with van der Waals surface area (Å²) in [6, 6.07) is 17.3. The highest BCUT2D eigenvalue weighted by Crippen LogP contribution is 2.08. The van der Waals surface area contributed by atoms with E-state index in [0.29, 0.717) is 31.6 Å². The molecule has 0 unspecified atom stereocenters. The van der Waals surface area contributed by atoms with Crippen molar-refractivity contribution < 1.29 is 9.59 Å². The third-order valence-electron chi connectivity index (χ3n) is 3.98. The highest BCUT2D eigenvalue weighted by atomic mass is 35.5. The molecule has 2 aromatic carbocycles. The van der Waals surface area contributed by atoms with Crippen molar-refractivity contribution >= 4 is 24.1 Å². The smallest absolute Gasteiger partial charge is 0.227 e. The van der Waals surface area contributed by atoms with Crippen LogP contribution in [-0.2, 0) is 17.6 Å². The standard InChI is InChI=1S/C20H24N2O2.ClH/c1-16(23)19-9-7-18(8-10-19)15-20(24)22(14-12-21)13-11-17-5-3-2-4-6-17;/h2-10H,11-15,21H2,1H3;1H. The van der Waals surface area contributed by atoms with Gasteiger partial charge in [-0.2, -0.15) is 0 Å². The summed E-state index contributed by atoms with van der Waals surface area (Å²) < 4.78 is 0. The predicted octanol–water partition coefficient (Wildman–Crippen LogP) is 2.88. The summed E-state index contributed by atoms with van der Waals surface area (Å²) in [4.78, 5) is 25.7. The number of hydrogen-bond acceptors (Lipinski definition) is 3. The van der Waals surface area contributed by atoms with E-state index in [0.717, 1.165) is 12.0 Å². The fourth-order valence-corrected chi connectivity index (χ4v) is 2.57. The minimum absolute atomic E-state index is 0. The minimum atomic E-state index is 0. The number of halogens is 1. The minimum Gasteiger partial charge on any atom is -0.341 e. The van der Waals surface area contributed by atoms with Crippen molar-refractivity contribution in [2.24, 2.45) is 5.73 Å². The molecule has 1 amide bonds. The number of carbonyl (C=O) groups is 2. The molecule has 0 fully saturated rings. The molecule has 0 spiro atoms. The van der Waals surface area contributed by atoms with Crippen LogP contribution in [0.5, 0.6) is 0 Å². The van der Waals surface area contributed by atoms with Gasteiger partial charge in [0.1, 0.15) is 0 Å². The zero-order chi connectivity index (χ0) is 17.4. The van der Waals surface area contributed by atoms with Crippen LogP contribution >= 0.6 is 12.4 Å². The molecule has 0 aliphatic heterocycles. The monoisotopic (exact) mass is 360 g/mol. The van der Waals surface area contributed by atoms with E-state index in [-0.39, 0.29) is 24.1 Å². The third kappa shape index (κ3) is 6.69. The summed E-state index contributed by atoms with van der Waals surface area (Å²) in [6.07, 6.45) is 1.14. The van der Waals surface area contributed by atoms with Crippen LogP contribution in [0.15, 0.2) is 54.6 Å². The normalized spacial score (nSPS) is 10.0. The Balaban J connectivity index is 0.00000312. The van der Waals surface area contributed by atoms with E-state index in [9.17, 15) is 9.59 Å². The number of rotatable bonds is 8.